The third-order valence-electron chi connectivity index (χ3n) is 2.59. The number of hydrogen-bond donors (Lipinski definition) is 2. The van der Waals surface area contributed by atoms with Gasteiger partial charge in [0.2, 0.25) is 5.91 Å². The Morgan fingerprint density at radius 3 is 2.59 bits per heavy atom. The van der Waals surface area contributed by atoms with E-state index in [9.17, 15) is 4.79 Å². The summed E-state index contributed by atoms with van der Waals surface area (Å²) in [6.45, 7) is 5.90. The van der Waals surface area contributed by atoms with E-state index in [2.05, 4.69) is 27.8 Å². The van der Waals surface area contributed by atoms with Crippen molar-refractivity contribution in [2.75, 3.05) is 6.54 Å². The lowest BCUT2D eigenvalue weighted by Gasteiger charge is -2.19. The number of nitrogens with two attached hydrogens (primary N) is 1. The molecule has 3 nitrogen and oxygen atoms in total. The molecule has 2 atom stereocenters. The third-order valence-corrected chi connectivity index (χ3v) is 2.87. The standard InChI is InChI=1S/C13H17BrN2O/c1-9(14)8-16-13(17)10(2)12(15)11-6-4-3-5-7-11/h3-7,10,12H,1,8,15H2,2H3,(H,16,17). The van der Waals surface area contributed by atoms with Crippen LogP contribution in [-0.4, -0.2) is 12.5 Å². The minimum absolute atomic E-state index is 0.0676. The molecule has 1 rings (SSSR count). The Labute approximate surface area is 110 Å². The second kappa shape index (κ2) is 6.57. The predicted molar refractivity (Wildman–Crippen MR) is 73.6 cm³/mol. The van der Waals surface area contributed by atoms with Crippen LogP contribution in [0.15, 0.2) is 41.4 Å². The molecule has 0 aliphatic heterocycles. The lowest BCUT2D eigenvalue weighted by molar-refractivity contribution is -0.124. The molecule has 1 aromatic rings. The van der Waals surface area contributed by atoms with Crippen LogP contribution in [-0.2, 0) is 4.79 Å². The van der Waals surface area contributed by atoms with Gasteiger partial charge in [0.25, 0.3) is 0 Å². The van der Waals surface area contributed by atoms with Crippen molar-refractivity contribution in [1.29, 1.82) is 0 Å². The van der Waals surface area contributed by atoms with Gasteiger partial charge in [0, 0.05) is 17.1 Å². The van der Waals surface area contributed by atoms with E-state index in [0.717, 1.165) is 10.0 Å². The van der Waals surface area contributed by atoms with E-state index in [1.165, 1.54) is 0 Å². The van der Waals surface area contributed by atoms with Gasteiger partial charge in [-0.05, 0) is 5.56 Å². The van der Waals surface area contributed by atoms with Crippen molar-refractivity contribution in [2.45, 2.75) is 13.0 Å². The molecule has 0 aliphatic carbocycles. The summed E-state index contributed by atoms with van der Waals surface area (Å²) in [6, 6.07) is 9.33. The number of carbonyl (C=O) groups is 1. The van der Waals surface area contributed by atoms with Gasteiger partial charge in [-0.2, -0.15) is 0 Å². The summed E-state index contributed by atoms with van der Waals surface area (Å²) < 4.78 is 0.742. The zero-order valence-electron chi connectivity index (χ0n) is 9.82. The minimum Gasteiger partial charge on any atom is -0.351 e. The molecule has 0 radical (unpaired) electrons. The summed E-state index contributed by atoms with van der Waals surface area (Å²) in [6.07, 6.45) is 0. The van der Waals surface area contributed by atoms with Gasteiger partial charge in [-0.3, -0.25) is 4.79 Å². The average molecular weight is 297 g/mol. The molecule has 2 unspecified atom stereocenters. The molecule has 1 aromatic carbocycles. The van der Waals surface area contributed by atoms with Crippen LogP contribution in [0.4, 0.5) is 0 Å². The molecule has 0 saturated heterocycles. The highest BCUT2D eigenvalue weighted by atomic mass is 79.9. The van der Waals surface area contributed by atoms with Gasteiger partial charge in [-0.1, -0.05) is 59.8 Å². The molecule has 3 N–H and O–H groups in total. The van der Waals surface area contributed by atoms with Crippen molar-refractivity contribution < 1.29 is 4.79 Å². The van der Waals surface area contributed by atoms with Crippen LogP contribution in [0.5, 0.6) is 0 Å². The largest absolute Gasteiger partial charge is 0.351 e. The van der Waals surface area contributed by atoms with Crippen LogP contribution in [0.3, 0.4) is 0 Å². The van der Waals surface area contributed by atoms with Gasteiger partial charge in [-0.25, -0.2) is 0 Å². The first-order chi connectivity index (χ1) is 8.02. The van der Waals surface area contributed by atoms with Gasteiger partial charge in [-0.15, -0.1) is 0 Å². The maximum absolute atomic E-state index is 11.8. The van der Waals surface area contributed by atoms with Crippen LogP contribution in [0.25, 0.3) is 0 Å². The van der Waals surface area contributed by atoms with Crippen molar-refractivity contribution in [3.63, 3.8) is 0 Å². The average Bonchev–Trinajstić information content (AvgIpc) is 2.35. The van der Waals surface area contributed by atoms with Crippen LogP contribution < -0.4 is 11.1 Å². The monoisotopic (exact) mass is 296 g/mol. The topological polar surface area (TPSA) is 55.1 Å². The third kappa shape index (κ3) is 4.32. The zero-order valence-corrected chi connectivity index (χ0v) is 11.4. The maximum atomic E-state index is 11.8. The molecule has 1 amide bonds. The Bertz CT molecular complexity index is 392. The SMILES string of the molecule is C=C(Br)CNC(=O)C(C)C(N)c1ccccc1. The van der Waals surface area contributed by atoms with E-state index in [1.54, 1.807) is 0 Å². The first-order valence-corrected chi connectivity index (χ1v) is 6.23. The van der Waals surface area contributed by atoms with Crippen LogP contribution in [0, 0.1) is 5.92 Å². The number of carbonyl (C=O) groups excluding carboxylic acids is 1. The first kappa shape index (κ1) is 13.9. The molecule has 0 aromatic heterocycles. The number of benzene rings is 1. The molecule has 0 spiro atoms. The second-order valence-electron chi connectivity index (χ2n) is 3.96. The summed E-state index contributed by atoms with van der Waals surface area (Å²) in [7, 11) is 0. The fourth-order valence-corrected chi connectivity index (χ4v) is 1.61. The number of halogens is 1. The van der Waals surface area contributed by atoms with Gasteiger partial charge in [0.05, 0.1) is 5.92 Å². The molecule has 4 heteroatoms. The summed E-state index contributed by atoms with van der Waals surface area (Å²) >= 11 is 3.19. The Hall–Kier alpha value is -1.13. The first-order valence-electron chi connectivity index (χ1n) is 5.44. The maximum Gasteiger partial charge on any atom is 0.225 e. The molecule has 0 saturated carbocycles. The molecular formula is C13H17BrN2O. The van der Waals surface area contributed by atoms with Crippen LogP contribution in [0.1, 0.15) is 18.5 Å². The Morgan fingerprint density at radius 2 is 2.06 bits per heavy atom. The summed E-state index contributed by atoms with van der Waals surface area (Å²) in [5.41, 5.74) is 7.02. The number of hydrogen-bond acceptors (Lipinski definition) is 2. The minimum atomic E-state index is -0.292. The fraction of sp³-hybridized carbons (Fsp3) is 0.308. The van der Waals surface area contributed by atoms with Gasteiger partial charge < -0.3 is 11.1 Å². The number of nitrogens with one attached hydrogen (secondary N) is 1. The zero-order chi connectivity index (χ0) is 12.8. The van der Waals surface area contributed by atoms with Crippen LogP contribution >= 0.6 is 15.9 Å². The van der Waals surface area contributed by atoms with Crippen molar-refractivity contribution in [3.05, 3.63) is 47.0 Å². The van der Waals surface area contributed by atoms with Crippen molar-refractivity contribution >= 4 is 21.8 Å². The van der Waals surface area contributed by atoms with E-state index in [0.29, 0.717) is 6.54 Å². The number of rotatable bonds is 5. The van der Waals surface area contributed by atoms with Crippen molar-refractivity contribution in [2.24, 2.45) is 11.7 Å². The Balaban J connectivity index is 2.60. The molecule has 0 fully saturated rings. The quantitative estimate of drug-likeness (QED) is 0.876. The van der Waals surface area contributed by atoms with E-state index >= 15 is 0 Å². The lowest BCUT2D eigenvalue weighted by atomic mass is 9.95. The van der Waals surface area contributed by atoms with Gasteiger partial charge in [0.15, 0.2) is 0 Å². The summed E-state index contributed by atoms with van der Waals surface area (Å²) in [5.74, 6) is -0.341. The highest BCUT2D eigenvalue weighted by Gasteiger charge is 2.21. The molecule has 92 valence electrons. The van der Waals surface area contributed by atoms with Gasteiger partial charge in [0.1, 0.15) is 0 Å². The van der Waals surface area contributed by atoms with E-state index in [1.807, 2.05) is 37.3 Å². The Kier molecular flexibility index (Phi) is 5.38. The van der Waals surface area contributed by atoms with E-state index in [-0.39, 0.29) is 17.9 Å². The second-order valence-corrected chi connectivity index (χ2v) is 5.08. The fourth-order valence-electron chi connectivity index (χ4n) is 1.47. The Morgan fingerprint density at radius 1 is 1.47 bits per heavy atom. The number of amides is 1. The van der Waals surface area contributed by atoms with E-state index in [4.69, 9.17) is 5.73 Å². The highest BCUT2D eigenvalue weighted by molar-refractivity contribution is 9.11. The predicted octanol–water partition coefficient (Wildman–Crippen LogP) is 2.35. The molecule has 0 aliphatic rings. The van der Waals surface area contributed by atoms with Gasteiger partial charge >= 0.3 is 0 Å². The molecule has 0 bridgehead atoms. The summed E-state index contributed by atoms with van der Waals surface area (Å²) in [4.78, 5) is 11.8. The smallest absolute Gasteiger partial charge is 0.225 e. The highest BCUT2D eigenvalue weighted by Crippen LogP contribution is 2.19. The van der Waals surface area contributed by atoms with Crippen LogP contribution in [0.2, 0.25) is 0 Å². The van der Waals surface area contributed by atoms with Crippen molar-refractivity contribution in [3.8, 4) is 0 Å². The van der Waals surface area contributed by atoms with Crippen molar-refractivity contribution in [1.82, 2.24) is 5.32 Å². The lowest BCUT2D eigenvalue weighted by Crippen LogP contribution is -2.36. The normalized spacial score (nSPS) is 13.8. The van der Waals surface area contributed by atoms with E-state index < -0.39 is 0 Å². The molecule has 0 heterocycles. The summed E-state index contributed by atoms with van der Waals surface area (Å²) in [5, 5.41) is 2.77. The molecule has 17 heavy (non-hydrogen) atoms. The molecular weight excluding hydrogens is 280 g/mol.